The maximum absolute atomic E-state index is 12.2. The molecule has 0 spiro atoms. The average Bonchev–Trinajstić information content (AvgIpc) is 2.93. The van der Waals surface area contributed by atoms with E-state index in [1.807, 2.05) is 48.5 Å². The van der Waals surface area contributed by atoms with E-state index in [0.717, 1.165) is 21.3 Å². The summed E-state index contributed by atoms with van der Waals surface area (Å²) in [6, 6.07) is 15.6. The van der Waals surface area contributed by atoms with E-state index in [0.29, 0.717) is 11.4 Å². The van der Waals surface area contributed by atoms with Gasteiger partial charge in [-0.3, -0.25) is 10.2 Å². The molecule has 1 atom stereocenters. The molecule has 1 aliphatic rings. The van der Waals surface area contributed by atoms with E-state index in [1.54, 1.807) is 6.92 Å². The Kier molecular flexibility index (Phi) is 4.39. The number of nitrogens with one attached hydrogen (secondary N) is 2. The van der Waals surface area contributed by atoms with E-state index in [-0.39, 0.29) is 21.9 Å². The SMILES string of the molecule is CC1=CC(O)N(Nc2[nH]c(-c3cccc4ccccc34)nc(=S)c2C#N)C1=O. The number of anilines is 1. The van der Waals surface area contributed by atoms with Crippen LogP contribution in [0.4, 0.5) is 5.82 Å². The molecule has 8 heteroatoms. The Labute approximate surface area is 165 Å². The predicted molar refractivity (Wildman–Crippen MR) is 107 cm³/mol. The fourth-order valence-corrected chi connectivity index (χ4v) is 3.38. The Morgan fingerprint density at radius 3 is 2.75 bits per heavy atom. The molecule has 3 N–H and O–H groups in total. The van der Waals surface area contributed by atoms with Crippen LogP contribution >= 0.6 is 12.2 Å². The van der Waals surface area contributed by atoms with Crippen LogP contribution in [0.5, 0.6) is 0 Å². The van der Waals surface area contributed by atoms with Gasteiger partial charge >= 0.3 is 0 Å². The fraction of sp³-hybridized carbons (Fsp3) is 0.100. The maximum Gasteiger partial charge on any atom is 0.270 e. The molecular weight excluding hydrogens is 374 g/mol. The largest absolute Gasteiger partial charge is 0.368 e. The van der Waals surface area contributed by atoms with Crippen LogP contribution in [-0.4, -0.2) is 32.2 Å². The van der Waals surface area contributed by atoms with Crippen molar-refractivity contribution in [3.05, 3.63) is 64.3 Å². The van der Waals surface area contributed by atoms with Gasteiger partial charge in [0.25, 0.3) is 5.91 Å². The number of aliphatic hydroxyl groups excluding tert-OH is 1. The van der Waals surface area contributed by atoms with E-state index >= 15 is 0 Å². The van der Waals surface area contributed by atoms with Crippen LogP contribution < -0.4 is 5.43 Å². The minimum absolute atomic E-state index is 0.0866. The van der Waals surface area contributed by atoms with Gasteiger partial charge in [0, 0.05) is 11.1 Å². The molecule has 28 heavy (non-hydrogen) atoms. The monoisotopic (exact) mass is 389 g/mol. The number of carbonyl (C=O) groups excluding carboxylic acids is 1. The zero-order chi connectivity index (χ0) is 19.8. The van der Waals surface area contributed by atoms with Gasteiger partial charge in [0.15, 0.2) is 6.23 Å². The molecule has 0 saturated carbocycles. The number of aromatic amines is 1. The topological polar surface area (TPSA) is 105 Å². The molecule has 0 saturated heterocycles. The molecule has 2 aromatic carbocycles. The molecular formula is C20H15N5O2S. The van der Waals surface area contributed by atoms with E-state index in [1.165, 1.54) is 6.08 Å². The van der Waals surface area contributed by atoms with Gasteiger partial charge in [0.1, 0.15) is 27.9 Å². The Morgan fingerprint density at radius 2 is 2.04 bits per heavy atom. The summed E-state index contributed by atoms with van der Waals surface area (Å²) >= 11 is 5.30. The fourth-order valence-electron chi connectivity index (χ4n) is 3.14. The molecule has 2 heterocycles. The van der Waals surface area contributed by atoms with Gasteiger partial charge in [-0.05, 0) is 23.8 Å². The van der Waals surface area contributed by atoms with Crippen LogP contribution in [0.1, 0.15) is 12.5 Å². The number of hydrogen-bond donors (Lipinski definition) is 3. The minimum atomic E-state index is -1.14. The Hall–Kier alpha value is -3.54. The summed E-state index contributed by atoms with van der Waals surface area (Å²) in [5.41, 5.74) is 4.08. The number of hydrazine groups is 1. The van der Waals surface area contributed by atoms with Crippen molar-refractivity contribution in [1.29, 1.82) is 5.26 Å². The Balaban J connectivity index is 1.85. The lowest BCUT2D eigenvalue weighted by atomic mass is 10.0. The second-order valence-corrected chi connectivity index (χ2v) is 6.72. The lowest BCUT2D eigenvalue weighted by Gasteiger charge is -2.23. The summed E-state index contributed by atoms with van der Waals surface area (Å²) in [6.45, 7) is 1.61. The van der Waals surface area contributed by atoms with Crippen molar-refractivity contribution in [3.63, 3.8) is 0 Å². The third kappa shape index (κ3) is 2.93. The normalized spacial score (nSPS) is 16.2. The van der Waals surface area contributed by atoms with Crippen molar-refractivity contribution < 1.29 is 9.90 Å². The van der Waals surface area contributed by atoms with Gasteiger partial charge in [0.05, 0.1) is 0 Å². The van der Waals surface area contributed by atoms with Crippen LogP contribution in [0.2, 0.25) is 0 Å². The molecule has 0 aliphatic carbocycles. The molecule has 1 aromatic heterocycles. The van der Waals surface area contributed by atoms with Crippen LogP contribution in [0, 0.1) is 16.0 Å². The minimum Gasteiger partial charge on any atom is -0.368 e. The van der Waals surface area contributed by atoms with E-state index in [4.69, 9.17) is 12.2 Å². The van der Waals surface area contributed by atoms with Crippen LogP contribution in [0.3, 0.4) is 0 Å². The number of nitriles is 1. The summed E-state index contributed by atoms with van der Waals surface area (Å²) in [6.07, 6.45) is 0.276. The number of nitrogens with zero attached hydrogens (tertiary/aromatic N) is 3. The Bertz CT molecular complexity index is 1240. The number of hydrogen-bond acceptors (Lipinski definition) is 6. The van der Waals surface area contributed by atoms with Crippen LogP contribution in [0.15, 0.2) is 54.1 Å². The van der Waals surface area contributed by atoms with Gasteiger partial charge in [-0.15, -0.1) is 0 Å². The number of H-pyrrole nitrogens is 1. The molecule has 1 aliphatic heterocycles. The molecule has 3 aromatic rings. The number of amides is 1. The summed E-state index contributed by atoms with van der Waals surface area (Å²) in [4.78, 5) is 19.7. The number of carbonyl (C=O) groups is 1. The molecule has 4 rings (SSSR count). The third-order valence-corrected chi connectivity index (χ3v) is 4.82. The zero-order valence-corrected chi connectivity index (χ0v) is 15.6. The highest BCUT2D eigenvalue weighted by molar-refractivity contribution is 7.71. The highest BCUT2D eigenvalue weighted by Gasteiger charge is 2.29. The van der Waals surface area contributed by atoms with Crippen molar-refractivity contribution in [2.75, 3.05) is 5.43 Å². The van der Waals surface area contributed by atoms with Crippen molar-refractivity contribution >= 4 is 34.7 Å². The number of fused-ring (bicyclic) bond motifs is 1. The maximum atomic E-state index is 12.2. The first kappa shape index (κ1) is 17.9. The quantitative estimate of drug-likeness (QED) is 0.594. The van der Waals surface area contributed by atoms with Gasteiger partial charge < -0.3 is 10.1 Å². The smallest absolute Gasteiger partial charge is 0.270 e. The summed E-state index contributed by atoms with van der Waals surface area (Å²) in [5.74, 6) is 0.259. The van der Waals surface area contributed by atoms with Crippen molar-refractivity contribution in [3.8, 4) is 17.5 Å². The van der Waals surface area contributed by atoms with E-state index in [2.05, 4.69) is 15.4 Å². The van der Waals surface area contributed by atoms with Crippen LogP contribution in [0.25, 0.3) is 22.2 Å². The van der Waals surface area contributed by atoms with Crippen molar-refractivity contribution in [2.24, 2.45) is 0 Å². The summed E-state index contributed by atoms with van der Waals surface area (Å²) in [7, 11) is 0. The lowest BCUT2D eigenvalue weighted by Crippen LogP contribution is -2.39. The summed E-state index contributed by atoms with van der Waals surface area (Å²) < 4.78 is 0.0949. The first-order valence-electron chi connectivity index (χ1n) is 8.49. The van der Waals surface area contributed by atoms with E-state index in [9.17, 15) is 15.2 Å². The molecule has 0 bridgehead atoms. The van der Waals surface area contributed by atoms with E-state index < -0.39 is 6.23 Å². The summed E-state index contributed by atoms with van der Waals surface area (Å²) in [5, 5.41) is 22.6. The van der Waals surface area contributed by atoms with Crippen LogP contribution in [-0.2, 0) is 4.79 Å². The predicted octanol–water partition coefficient (Wildman–Crippen LogP) is 3.26. The highest BCUT2D eigenvalue weighted by Crippen LogP contribution is 2.28. The third-order valence-electron chi connectivity index (χ3n) is 4.53. The van der Waals surface area contributed by atoms with Gasteiger partial charge in [0.2, 0.25) is 0 Å². The molecule has 0 fully saturated rings. The Morgan fingerprint density at radius 1 is 1.29 bits per heavy atom. The zero-order valence-electron chi connectivity index (χ0n) is 14.8. The first-order valence-corrected chi connectivity index (χ1v) is 8.89. The lowest BCUT2D eigenvalue weighted by molar-refractivity contribution is -0.129. The second kappa shape index (κ2) is 6.88. The van der Waals surface area contributed by atoms with Crippen molar-refractivity contribution in [2.45, 2.75) is 13.2 Å². The average molecular weight is 389 g/mol. The number of benzene rings is 2. The van der Waals surface area contributed by atoms with Crippen molar-refractivity contribution in [1.82, 2.24) is 15.0 Å². The number of aromatic nitrogens is 2. The number of rotatable bonds is 3. The molecule has 1 amide bonds. The molecule has 138 valence electrons. The van der Waals surface area contributed by atoms with Gasteiger partial charge in [-0.25, -0.2) is 9.99 Å². The van der Waals surface area contributed by atoms with Gasteiger partial charge in [-0.2, -0.15) is 5.26 Å². The molecule has 7 nitrogen and oxygen atoms in total. The highest BCUT2D eigenvalue weighted by atomic mass is 32.1. The standard InChI is InChI=1S/C20H15N5O2S/c1-11-9-16(26)25(20(11)27)24-18-15(10-21)19(28)23-17(22-18)14-8-4-6-12-5-2-3-7-13(12)14/h2-9,16,26H,1H3,(H2,22,23,24,28). The number of aliphatic hydroxyl groups is 1. The first-order chi connectivity index (χ1) is 13.5. The molecule has 1 unspecified atom stereocenters. The van der Waals surface area contributed by atoms with Gasteiger partial charge in [-0.1, -0.05) is 54.7 Å². The second-order valence-electron chi connectivity index (χ2n) is 6.33. The molecule has 0 radical (unpaired) electrons.